The topological polar surface area (TPSA) is 227 Å². The summed E-state index contributed by atoms with van der Waals surface area (Å²) in [5.74, 6) is 5.29. The number of para-hydroxylation sites is 3. The number of methoxy groups -OCH3 is 2. The Hall–Kier alpha value is -10.8. The maximum absolute atomic E-state index is 11.7. The minimum Gasteiger partial charge on any atom is -0.508 e. The van der Waals surface area contributed by atoms with Crippen molar-refractivity contribution < 1.29 is 19.7 Å². The Morgan fingerprint density at radius 3 is 1.87 bits per heavy atom. The predicted octanol–water partition coefficient (Wildman–Crippen LogP) is 9.47. The average molecular weight is 1040 g/mol. The van der Waals surface area contributed by atoms with Crippen LogP contribution in [0.15, 0.2) is 205 Å². The van der Waals surface area contributed by atoms with Crippen LogP contribution in [0.4, 0.5) is 28.8 Å². The quantitative estimate of drug-likeness (QED) is 0.142. The van der Waals surface area contributed by atoms with E-state index in [1.165, 1.54) is 0 Å². The first-order chi connectivity index (χ1) is 38.6. The van der Waals surface area contributed by atoms with Crippen LogP contribution in [0.3, 0.4) is 0 Å². The number of imidazole rings is 1. The van der Waals surface area contributed by atoms with Gasteiger partial charge in [0.1, 0.15) is 23.1 Å². The summed E-state index contributed by atoms with van der Waals surface area (Å²) in [5, 5.41) is 22.3. The lowest BCUT2D eigenvalue weighted by molar-refractivity contribution is 0.122. The SMILES string of the molecule is COc1ccc(C2(O)N=C3N=CC=C4c5ccccc5N=C2N43)cc1.COc1ccc(C2(c3[nH]c(C)nc3-c3ccc(O)cc3)N=C3N=CC=C4c5ccccc5N=C2N43)cc1.O=c1nc2nccc3c4ccccc4nc1N23. The number of aromatic amines is 1. The summed E-state index contributed by atoms with van der Waals surface area (Å²) in [4.78, 5) is 66.5. The molecule has 6 aromatic carbocycles. The third kappa shape index (κ3) is 7.27. The number of aliphatic imine (C=N–C) groups is 6. The summed E-state index contributed by atoms with van der Waals surface area (Å²) in [6.45, 7) is 1.92. The molecule has 0 saturated heterocycles. The predicted molar refractivity (Wildman–Crippen MR) is 303 cm³/mol. The average Bonchev–Trinajstić information content (AvgIpc) is 3.79. The smallest absolute Gasteiger partial charge is 0.316 e. The van der Waals surface area contributed by atoms with E-state index in [1.807, 2.05) is 138 Å². The van der Waals surface area contributed by atoms with Gasteiger partial charge in [-0.1, -0.05) is 66.7 Å². The molecule has 16 rings (SSSR count). The number of hydrogen-bond acceptors (Lipinski definition) is 18. The molecule has 7 aromatic rings. The number of ether oxygens (including phenoxy) is 2. The number of amidine groups is 2. The van der Waals surface area contributed by atoms with Gasteiger partial charge in [-0.25, -0.2) is 44.9 Å². The number of aromatic nitrogens is 5. The number of allylic oxidation sites excluding steroid dienone is 2. The van der Waals surface area contributed by atoms with E-state index in [0.717, 1.165) is 90.4 Å². The number of benzene rings is 6. The molecule has 0 aliphatic carbocycles. The highest BCUT2D eigenvalue weighted by Crippen LogP contribution is 2.51. The van der Waals surface area contributed by atoms with Gasteiger partial charge in [-0.2, -0.15) is 4.98 Å². The second-order valence-electron chi connectivity index (χ2n) is 18.8. The van der Waals surface area contributed by atoms with Crippen molar-refractivity contribution >= 4 is 87.1 Å². The maximum atomic E-state index is 11.7. The van der Waals surface area contributed by atoms with Gasteiger partial charge < -0.3 is 24.7 Å². The molecule has 0 spiro atoms. The first kappa shape index (κ1) is 46.7. The normalized spacial score (nSPS) is 18.9. The van der Waals surface area contributed by atoms with Crippen molar-refractivity contribution in [2.75, 3.05) is 19.1 Å². The summed E-state index contributed by atoms with van der Waals surface area (Å²) < 4.78 is 10.6. The van der Waals surface area contributed by atoms with Gasteiger partial charge in [-0.05, 0) is 110 Å². The number of phenolic OH excluding ortho intramolecular Hbond substituents is 1. The lowest BCUT2D eigenvalue weighted by Gasteiger charge is -2.34. The number of aliphatic hydroxyl groups is 1. The van der Waals surface area contributed by atoms with Gasteiger partial charge in [0.05, 0.1) is 59.6 Å². The summed E-state index contributed by atoms with van der Waals surface area (Å²) in [6.07, 6.45) is 9.04. The number of aryl methyl sites for hydroxylation is 1. The fourth-order valence-electron chi connectivity index (χ4n) is 10.7. The van der Waals surface area contributed by atoms with Crippen molar-refractivity contribution in [3.8, 4) is 28.5 Å². The van der Waals surface area contributed by atoms with Gasteiger partial charge in [0.2, 0.25) is 29.4 Å². The van der Waals surface area contributed by atoms with Gasteiger partial charge in [0, 0.05) is 46.3 Å². The Kier molecular flexibility index (Phi) is 10.6. The molecule has 2 unspecified atom stereocenters. The van der Waals surface area contributed by atoms with Crippen LogP contribution in [0, 0.1) is 6.92 Å². The number of rotatable bonds is 6. The van der Waals surface area contributed by atoms with Crippen molar-refractivity contribution in [1.82, 2.24) is 34.7 Å². The lowest BCUT2D eigenvalue weighted by Crippen LogP contribution is -2.43. The summed E-state index contributed by atoms with van der Waals surface area (Å²) in [7, 11) is 3.25. The van der Waals surface area contributed by atoms with Gasteiger partial charge in [0.15, 0.2) is 17.2 Å². The Morgan fingerprint density at radius 2 is 1.20 bits per heavy atom. The molecule has 382 valence electrons. The minimum atomic E-state index is -1.59. The molecule has 0 bridgehead atoms. The first-order valence-electron chi connectivity index (χ1n) is 25.0. The van der Waals surface area contributed by atoms with Crippen LogP contribution < -0.4 is 19.9 Å². The van der Waals surface area contributed by atoms with E-state index in [0.29, 0.717) is 40.8 Å². The summed E-state index contributed by atoms with van der Waals surface area (Å²) >= 11 is 0. The Bertz CT molecular complexity index is 4320. The third-order valence-electron chi connectivity index (χ3n) is 14.3. The van der Waals surface area contributed by atoms with Crippen LogP contribution >= 0.6 is 0 Å². The number of H-pyrrole nitrogens is 1. The third-order valence-corrected chi connectivity index (χ3v) is 14.3. The fraction of sp³-hybridized carbons (Fsp3) is 0.0833. The largest absolute Gasteiger partial charge is 0.508 e. The van der Waals surface area contributed by atoms with Crippen molar-refractivity contribution in [3.63, 3.8) is 0 Å². The summed E-state index contributed by atoms with van der Waals surface area (Å²) in [5.41, 5.74) is 8.16. The van der Waals surface area contributed by atoms with Crippen LogP contribution in [-0.4, -0.2) is 95.2 Å². The van der Waals surface area contributed by atoms with Crippen LogP contribution in [0.2, 0.25) is 0 Å². The minimum absolute atomic E-state index is 0.193. The van der Waals surface area contributed by atoms with Gasteiger partial charge >= 0.3 is 5.56 Å². The van der Waals surface area contributed by atoms with Crippen LogP contribution in [0.25, 0.3) is 33.6 Å². The number of aromatic hydroxyl groups is 1. The van der Waals surface area contributed by atoms with Gasteiger partial charge in [-0.3, -0.25) is 19.5 Å². The van der Waals surface area contributed by atoms with Crippen molar-refractivity contribution in [3.05, 3.63) is 214 Å². The van der Waals surface area contributed by atoms with E-state index in [4.69, 9.17) is 29.4 Å². The van der Waals surface area contributed by atoms with E-state index in [-0.39, 0.29) is 11.3 Å². The number of nitrogens with zero attached hydrogens (tertiary/aromatic N) is 13. The van der Waals surface area contributed by atoms with Crippen LogP contribution in [0.1, 0.15) is 33.8 Å². The first-order valence-corrected chi connectivity index (χ1v) is 25.0. The number of anilines is 3. The van der Waals surface area contributed by atoms with Crippen LogP contribution in [0.5, 0.6) is 17.2 Å². The zero-order chi connectivity index (χ0) is 53.6. The van der Waals surface area contributed by atoms with E-state index in [2.05, 4.69) is 41.0 Å². The van der Waals surface area contributed by atoms with E-state index in [9.17, 15) is 15.0 Å². The monoisotopic (exact) mass is 1040 g/mol. The Balaban J connectivity index is 0.000000116. The molecule has 0 saturated carbocycles. The number of fused-ring (bicyclic) bond motifs is 6. The zero-order valence-electron chi connectivity index (χ0n) is 42.3. The van der Waals surface area contributed by atoms with Gasteiger partial charge in [-0.15, -0.1) is 0 Å². The molecule has 2 atom stereocenters. The molecular formula is C60H42N14O5. The number of nitrogens with one attached hydrogen (secondary N) is 1. The second-order valence-corrected chi connectivity index (χ2v) is 18.8. The number of guanidine groups is 2. The fourth-order valence-corrected chi connectivity index (χ4v) is 10.7. The Morgan fingerprint density at radius 1 is 0.608 bits per heavy atom. The molecule has 19 heteroatoms. The summed E-state index contributed by atoms with van der Waals surface area (Å²) in [6, 6.07) is 47.5. The Labute approximate surface area is 449 Å². The molecule has 19 nitrogen and oxygen atoms in total. The molecule has 10 heterocycles. The molecule has 79 heavy (non-hydrogen) atoms. The molecule has 9 aliphatic rings. The molecule has 0 fully saturated rings. The molecule has 9 aliphatic heterocycles. The molecule has 1 aromatic heterocycles. The number of hydrogen-bond donors (Lipinski definition) is 3. The van der Waals surface area contributed by atoms with E-state index in [1.54, 1.807) is 74.1 Å². The maximum Gasteiger partial charge on any atom is 0.316 e. The highest BCUT2D eigenvalue weighted by atomic mass is 16.5. The molecule has 0 amide bonds. The van der Waals surface area contributed by atoms with Crippen LogP contribution in [-0.2, 0) is 11.3 Å². The standard InChI is InChI=1S/C29H22N6O2.C19H14N4O2.C12H6N4O/c1-17-31-25(18-7-11-20(36)12-8-18)26(32-17)29(19-9-13-21(37-2)14-10-19)27-33-23-6-4-3-5-22(23)24-15-16-30-28(34-29)35(24)27;1-25-13-8-6-12(7-9-13)19(24)17-21-15-5-3-2-4-14(15)16-10-11-20-18(22-19)23(16)17;17-11-10-14-8-4-2-1-3-7(8)9-5-6-13-12(15-11)16(9)10/h3-16,36H,1-2H3,(H,31,32);2-11,24H,1H3;1-6H. The lowest BCUT2D eigenvalue weighted by atomic mass is 9.83. The highest BCUT2D eigenvalue weighted by Gasteiger charge is 2.55. The molecular weight excluding hydrogens is 997 g/mol. The zero-order valence-corrected chi connectivity index (χ0v) is 42.3. The highest BCUT2D eigenvalue weighted by molar-refractivity contribution is 6.25. The van der Waals surface area contributed by atoms with Gasteiger partial charge in [0.25, 0.3) is 0 Å². The number of phenols is 1. The molecule has 3 N–H and O–H groups in total. The van der Waals surface area contributed by atoms with E-state index >= 15 is 0 Å². The van der Waals surface area contributed by atoms with Crippen molar-refractivity contribution in [2.24, 2.45) is 30.0 Å². The molecule has 0 radical (unpaired) electrons. The van der Waals surface area contributed by atoms with Crippen molar-refractivity contribution in [2.45, 2.75) is 18.2 Å². The second kappa shape index (κ2) is 17.9. The van der Waals surface area contributed by atoms with E-state index < -0.39 is 11.3 Å². The van der Waals surface area contributed by atoms with Crippen molar-refractivity contribution in [1.29, 1.82) is 0 Å².